The highest BCUT2D eigenvalue weighted by atomic mass is 28.3. The van der Waals surface area contributed by atoms with Crippen molar-refractivity contribution in [1.82, 2.24) is 9.55 Å². The predicted octanol–water partition coefficient (Wildman–Crippen LogP) is 5.02. The Bertz CT molecular complexity index is 775. The molecule has 4 heteroatoms. The molecule has 1 aromatic carbocycles. The Morgan fingerprint density at radius 1 is 1.04 bits per heavy atom. The van der Waals surface area contributed by atoms with Gasteiger partial charge in [-0.05, 0) is 23.7 Å². The maximum atomic E-state index is 5.92. The molecular formula is C19H24N2OSi. The summed E-state index contributed by atoms with van der Waals surface area (Å²) < 4.78 is 8.08. The van der Waals surface area contributed by atoms with Crippen LogP contribution in [0.3, 0.4) is 0 Å². The van der Waals surface area contributed by atoms with Gasteiger partial charge in [0, 0.05) is 32.6 Å². The molecule has 3 aromatic rings. The average Bonchev–Trinajstić information content (AvgIpc) is 2.91. The van der Waals surface area contributed by atoms with E-state index in [9.17, 15) is 0 Å². The summed E-state index contributed by atoms with van der Waals surface area (Å²) in [5.41, 5.74) is 4.51. The molecule has 120 valence electrons. The molecule has 2 heterocycles. The van der Waals surface area contributed by atoms with Crippen molar-refractivity contribution in [3.8, 4) is 11.1 Å². The van der Waals surface area contributed by atoms with Gasteiger partial charge >= 0.3 is 0 Å². The highest BCUT2D eigenvalue weighted by Gasteiger charge is 2.13. The molecule has 2 aromatic heterocycles. The molecule has 0 aliphatic heterocycles. The molecule has 0 spiro atoms. The summed E-state index contributed by atoms with van der Waals surface area (Å²) in [5.74, 6) is 0. The molecule has 0 radical (unpaired) electrons. The lowest BCUT2D eigenvalue weighted by Gasteiger charge is -2.15. The first-order valence-corrected chi connectivity index (χ1v) is 11.8. The predicted molar refractivity (Wildman–Crippen MR) is 99.3 cm³/mol. The number of benzene rings is 1. The summed E-state index contributed by atoms with van der Waals surface area (Å²) in [6, 6.07) is 15.7. The number of ether oxygens (including phenoxy) is 1. The van der Waals surface area contributed by atoms with Gasteiger partial charge in [0.1, 0.15) is 6.73 Å². The molecule has 23 heavy (non-hydrogen) atoms. The number of hydrogen-bond donors (Lipinski definition) is 0. The fourth-order valence-corrected chi connectivity index (χ4v) is 3.36. The maximum absolute atomic E-state index is 5.92. The van der Waals surface area contributed by atoms with Crippen LogP contribution in [0, 0.1) is 0 Å². The van der Waals surface area contributed by atoms with Gasteiger partial charge in [0.05, 0.1) is 11.0 Å². The van der Waals surface area contributed by atoms with Gasteiger partial charge in [0.15, 0.2) is 0 Å². The van der Waals surface area contributed by atoms with Gasteiger partial charge in [-0.1, -0.05) is 50.0 Å². The fourth-order valence-electron chi connectivity index (χ4n) is 2.60. The summed E-state index contributed by atoms with van der Waals surface area (Å²) in [6.07, 6.45) is 4.01. The van der Waals surface area contributed by atoms with Crippen LogP contribution in [0.15, 0.2) is 54.9 Å². The SMILES string of the molecule is C[Si](C)(C)CCOCn1cc(-c2ccccc2)c2ncccc21. The van der Waals surface area contributed by atoms with Crippen LogP contribution in [0.2, 0.25) is 25.7 Å². The zero-order valence-electron chi connectivity index (χ0n) is 14.1. The van der Waals surface area contributed by atoms with Crippen LogP contribution in [0.25, 0.3) is 22.2 Å². The summed E-state index contributed by atoms with van der Waals surface area (Å²) in [7, 11) is -1.04. The standard InChI is InChI=1S/C19H24N2OSi/c1-23(2,3)13-12-22-15-21-14-17(16-8-5-4-6-9-16)19-18(21)10-7-11-20-19/h4-11,14H,12-13,15H2,1-3H3. The Morgan fingerprint density at radius 3 is 2.57 bits per heavy atom. The number of rotatable bonds is 6. The molecule has 0 saturated heterocycles. The third-order valence-electron chi connectivity index (χ3n) is 3.95. The van der Waals surface area contributed by atoms with E-state index in [4.69, 9.17) is 4.74 Å². The number of nitrogens with zero attached hydrogens (tertiary/aromatic N) is 2. The molecule has 3 nitrogen and oxygen atoms in total. The van der Waals surface area contributed by atoms with Crippen molar-refractivity contribution in [2.45, 2.75) is 32.4 Å². The van der Waals surface area contributed by atoms with Crippen LogP contribution in [0.1, 0.15) is 0 Å². The van der Waals surface area contributed by atoms with Crippen LogP contribution < -0.4 is 0 Å². The Labute approximate surface area is 138 Å². The zero-order valence-corrected chi connectivity index (χ0v) is 15.1. The van der Waals surface area contributed by atoms with E-state index in [0.29, 0.717) is 6.73 Å². The van der Waals surface area contributed by atoms with E-state index in [2.05, 4.69) is 65.7 Å². The van der Waals surface area contributed by atoms with Gasteiger partial charge in [0.2, 0.25) is 0 Å². The van der Waals surface area contributed by atoms with Crippen molar-refractivity contribution in [1.29, 1.82) is 0 Å². The van der Waals surface area contributed by atoms with Crippen LogP contribution in [0.4, 0.5) is 0 Å². The maximum Gasteiger partial charge on any atom is 0.122 e. The number of aromatic nitrogens is 2. The second-order valence-corrected chi connectivity index (χ2v) is 12.7. The summed E-state index contributed by atoms with van der Waals surface area (Å²) in [5, 5.41) is 0. The van der Waals surface area contributed by atoms with Gasteiger partial charge in [0.25, 0.3) is 0 Å². The van der Waals surface area contributed by atoms with Crippen molar-refractivity contribution in [3.05, 3.63) is 54.9 Å². The largest absolute Gasteiger partial charge is 0.361 e. The number of pyridine rings is 1. The van der Waals surface area contributed by atoms with E-state index in [1.54, 1.807) is 0 Å². The van der Waals surface area contributed by atoms with Crippen molar-refractivity contribution < 1.29 is 4.74 Å². The normalized spacial score (nSPS) is 12.0. The minimum absolute atomic E-state index is 0.583. The first-order valence-electron chi connectivity index (χ1n) is 8.12. The highest BCUT2D eigenvalue weighted by molar-refractivity contribution is 6.76. The highest BCUT2D eigenvalue weighted by Crippen LogP contribution is 2.28. The van der Waals surface area contributed by atoms with Crippen LogP contribution in [-0.2, 0) is 11.5 Å². The minimum atomic E-state index is -1.04. The lowest BCUT2D eigenvalue weighted by atomic mass is 10.1. The van der Waals surface area contributed by atoms with Crippen molar-refractivity contribution >= 4 is 19.1 Å². The molecule has 3 rings (SSSR count). The monoisotopic (exact) mass is 324 g/mol. The van der Waals surface area contributed by atoms with Gasteiger partial charge in [-0.25, -0.2) is 0 Å². The Kier molecular flexibility index (Phi) is 4.64. The molecule has 0 atom stereocenters. The Hall–Kier alpha value is -1.91. The number of hydrogen-bond acceptors (Lipinski definition) is 2. The lowest BCUT2D eigenvalue weighted by Crippen LogP contribution is -2.21. The third kappa shape index (κ3) is 3.89. The zero-order chi connectivity index (χ0) is 16.3. The van der Waals surface area contributed by atoms with Crippen LogP contribution >= 0.6 is 0 Å². The first-order chi connectivity index (χ1) is 11.0. The van der Waals surface area contributed by atoms with E-state index >= 15 is 0 Å². The quantitative estimate of drug-likeness (QED) is 0.470. The molecule has 0 aliphatic carbocycles. The minimum Gasteiger partial charge on any atom is -0.361 e. The van der Waals surface area contributed by atoms with E-state index < -0.39 is 8.07 Å². The second kappa shape index (κ2) is 6.68. The molecule has 0 fully saturated rings. The third-order valence-corrected chi connectivity index (χ3v) is 5.65. The van der Waals surface area contributed by atoms with E-state index in [1.165, 1.54) is 11.6 Å². The van der Waals surface area contributed by atoms with Crippen molar-refractivity contribution in [2.24, 2.45) is 0 Å². The Morgan fingerprint density at radius 2 is 1.83 bits per heavy atom. The summed E-state index contributed by atoms with van der Waals surface area (Å²) in [4.78, 5) is 4.58. The van der Waals surface area contributed by atoms with Gasteiger partial charge in [-0.3, -0.25) is 4.98 Å². The number of fused-ring (bicyclic) bond motifs is 1. The topological polar surface area (TPSA) is 27.1 Å². The lowest BCUT2D eigenvalue weighted by molar-refractivity contribution is 0.0903. The molecule has 0 aliphatic rings. The summed E-state index contributed by atoms with van der Waals surface area (Å²) in [6.45, 7) is 8.53. The molecule has 0 bridgehead atoms. The van der Waals surface area contributed by atoms with E-state index in [-0.39, 0.29) is 0 Å². The van der Waals surface area contributed by atoms with E-state index in [1.807, 2.05) is 18.3 Å². The first kappa shape index (κ1) is 16.0. The second-order valence-electron chi connectivity index (χ2n) is 7.10. The molecule has 0 amide bonds. The fraction of sp³-hybridized carbons (Fsp3) is 0.316. The molecule has 0 unspecified atom stereocenters. The molecule has 0 saturated carbocycles. The average molecular weight is 325 g/mol. The summed E-state index contributed by atoms with van der Waals surface area (Å²) >= 11 is 0. The Balaban J connectivity index is 1.84. The van der Waals surface area contributed by atoms with Crippen LogP contribution in [0.5, 0.6) is 0 Å². The smallest absolute Gasteiger partial charge is 0.122 e. The molecule has 0 N–H and O–H groups in total. The van der Waals surface area contributed by atoms with E-state index in [0.717, 1.165) is 23.2 Å². The van der Waals surface area contributed by atoms with Gasteiger partial charge in [-0.15, -0.1) is 0 Å². The van der Waals surface area contributed by atoms with Crippen LogP contribution in [-0.4, -0.2) is 24.2 Å². The van der Waals surface area contributed by atoms with Crippen molar-refractivity contribution in [2.75, 3.05) is 6.61 Å². The van der Waals surface area contributed by atoms with Gasteiger partial charge < -0.3 is 9.30 Å². The molecular weight excluding hydrogens is 300 g/mol. The van der Waals surface area contributed by atoms with Gasteiger partial charge in [-0.2, -0.15) is 0 Å². The van der Waals surface area contributed by atoms with Crippen molar-refractivity contribution in [3.63, 3.8) is 0 Å².